The standard InChI is InChI=1S/C22H24ClN5O2S/c1-4-13-6-9-15(10-7-13)24-21(29)20-19(14-8-11-17(30-3)16(23)12-14)27-28-18(5-2)25-26-22(28)31-20/h6-12,19-20,27H,4-5H2,1-3H3,(H,24,29)/t19-,20-/m0/s1. The van der Waals surface area contributed by atoms with Crippen molar-refractivity contribution in [3.8, 4) is 5.75 Å². The molecule has 0 unspecified atom stereocenters. The summed E-state index contributed by atoms with van der Waals surface area (Å²) in [5, 5.41) is 12.2. The molecule has 0 spiro atoms. The molecule has 3 aromatic rings. The topological polar surface area (TPSA) is 81.1 Å². The van der Waals surface area contributed by atoms with Crippen LogP contribution < -0.4 is 15.5 Å². The maximum atomic E-state index is 13.3. The zero-order valence-electron chi connectivity index (χ0n) is 17.6. The molecule has 4 rings (SSSR count). The number of nitrogens with zero attached hydrogens (tertiary/aromatic N) is 3. The predicted octanol–water partition coefficient (Wildman–Crippen LogP) is 4.46. The molecule has 0 fully saturated rings. The first-order valence-electron chi connectivity index (χ1n) is 10.1. The summed E-state index contributed by atoms with van der Waals surface area (Å²) in [6, 6.07) is 13.1. The fourth-order valence-corrected chi connectivity index (χ4v) is 4.86. The SMILES string of the molecule is CCc1ccc(NC(=O)[C@H]2Sc3nnc(CC)n3N[C@H]2c2ccc(OC)c(Cl)c2)cc1. The number of aryl methyl sites for hydroxylation is 2. The first-order chi connectivity index (χ1) is 15.0. The van der Waals surface area contributed by atoms with Crippen molar-refractivity contribution >= 4 is 35.0 Å². The molecule has 1 amide bonds. The van der Waals surface area contributed by atoms with E-state index in [2.05, 4.69) is 27.9 Å². The number of fused-ring (bicyclic) bond motifs is 1. The molecule has 0 saturated carbocycles. The van der Waals surface area contributed by atoms with Gasteiger partial charge >= 0.3 is 0 Å². The third-order valence-corrected chi connectivity index (χ3v) is 6.75. The number of thioether (sulfide) groups is 1. The Morgan fingerprint density at radius 3 is 2.61 bits per heavy atom. The van der Waals surface area contributed by atoms with Gasteiger partial charge < -0.3 is 15.5 Å². The summed E-state index contributed by atoms with van der Waals surface area (Å²) < 4.78 is 7.13. The Morgan fingerprint density at radius 2 is 1.97 bits per heavy atom. The van der Waals surface area contributed by atoms with Crippen molar-refractivity contribution in [3.63, 3.8) is 0 Å². The number of carbonyl (C=O) groups excluding carboxylic acids is 1. The van der Waals surface area contributed by atoms with Crippen LogP contribution in [-0.2, 0) is 17.6 Å². The molecular weight excluding hydrogens is 434 g/mol. The summed E-state index contributed by atoms with van der Waals surface area (Å²) in [6.45, 7) is 4.12. The number of hydrogen-bond acceptors (Lipinski definition) is 6. The smallest absolute Gasteiger partial charge is 0.240 e. The van der Waals surface area contributed by atoms with Crippen LogP contribution in [0.5, 0.6) is 5.75 Å². The molecule has 2 heterocycles. The van der Waals surface area contributed by atoms with Gasteiger partial charge in [0.25, 0.3) is 0 Å². The van der Waals surface area contributed by atoms with Crippen molar-refractivity contribution in [1.82, 2.24) is 14.9 Å². The number of methoxy groups -OCH3 is 1. The molecular formula is C22H24ClN5O2S. The molecule has 2 N–H and O–H groups in total. The number of nitrogens with one attached hydrogen (secondary N) is 2. The molecule has 0 saturated heterocycles. The second kappa shape index (κ2) is 9.20. The predicted molar refractivity (Wildman–Crippen MR) is 124 cm³/mol. The largest absolute Gasteiger partial charge is 0.495 e. The van der Waals surface area contributed by atoms with Crippen LogP contribution in [0.1, 0.15) is 36.8 Å². The second-order valence-corrected chi connectivity index (χ2v) is 8.68. The van der Waals surface area contributed by atoms with Crippen molar-refractivity contribution in [1.29, 1.82) is 0 Å². The highest BCUT2D eigenvalue weighted by Gasteiger charge is 2.38. The van der Waals surface area contributed by atoms with E-state index in [1.807, 2.05) is 54.1 Å². The van der Waals surface area contributed by atoms with Crippen LogP contribution in [0.15, 0.2) is 47.6 Å². The average Bonchev–Trinajstić information content (AvgIpc) is 3.20. The highest BCUT2D eigenvalue weighted by atomic mass is 35.5. The van der Waals surface area contributed by atoms with E-state index in [9.17, 15) is 4.79 Å². The van der Waals surface area contributed by atoms with Gasteiger partial charge in [-0.05, 0) is 41.8 Å². The lowest BCUT2D eigenvalue weighted by Crippen LogP contribution is -2.41. The summed E-state index contributed by atoms with van der Waals surface area (Å²) in [7, 11) is 1.58. The fraction of sp³-hybridized carbons (Fsp3) is 0.318. The zero-order chi connectivity index (χ0) is 22.0. The van der Waals surface area contributed by atoms with Crippen LogP contribution in [0.4, 0.5) is 5.69 Å². The van der Waals surface area contributed by atoms with E-state index in [1.165, 1.54) is 17.3 Å². The number of hydrogen-bond donors (Lipinski definition) is 2. The Morgan fingerprint density at radius 1 is 1.19 bits per heavy atom. The Balaban J connectivity index is 1.66. The molecule has 1 aliphatic rings. The number of amides is 1. The van der Waals surface area contributed by atoms with Crippen LogP contribution >= 0.6 is 23.4 Å². The third kappa shape index (κ3) is 4.36. The van der Waals surface area contributed by atoms with Gasteiger partial charge in [0.05, 0.1) is 18.2 Å². The number of carbonyl (C=O) groups is 1. The van der Waals surface area contributed by atoms with Gasteiger partial charge in [0.15, 0.2) is 5.82 Å². The third-order valence-electron chi connectivity index (χ3n) is 5.24. The van der Waals surface area contributed by atoms with E-state index >= 15 is 0 Å². The number of halogens is 1. The van der Waals surface area contributed by atoms with Gasteiger partial charge in [-0.3, -0.25) is 4.79 Å². The second-order valence-electron chi connectivity index (χ2n) is 7.17. The van der Waals surface area contributed by atoms with E-state index in [0.29, 0.717) is 15.9 Å². The molecule has 0 aliphatic carbocycles. The van der Waals surface area contributed by atoms with Crippen LogP contribution in [0, 0.1) is 0 Å². The van der Waals surface area contributed by atoms with E-state index in [0.717, 1.165) is 29.9 Å². The Labute approximate surface area is 190 Å². The molecule has 7 nitrogen and oxygen atoms in total. The van der Waals surface area contributed by atoms with Crippen molar-refractivity contribution in [3.05, 3.63) is 64.4 Å². The Kier molecular flexibility index (Phi) is 6.38. The maximum Gasteiger partial charge on any atom is 0.240 e. The number of ether oxygens (including phenoxy) is 1. The molecule has 9 heteroatoms. The van der Waals surface area contributed by atoms with E-state index in [4.69, 9.17) is 16.3 Å². The summed E-state index contributed by atoms with van der Waals surface area (Å²) in [5.74, 6) is 1.28. The summed E-state index contributed by atoms with van der Waals surface area (Å²) in [5.41, 5.74) is 6.28. The van der Waals surface area contributed by atoms with Gasteiger partial charge in [-0.15, -0.1) is 10.2 Å². The lowest BCUT2D eigenvalue weighted by atomic mass is 10.0. The van der Waals surface area contributed by atoms with E-state index in [1.54, 1.807) is 7.11 Å². The highest BCUT2D eigenvalue weighted by molar-refractivity contribution is 8.00. The zero-order valence-corrected chi connectivity index (χ0v) is 19.1. The molecule has 1 aromatic heterocycles. The van der Waals surface area contributed by atoms with E-state index < -0.39 is 5.25 Å². The van der Waals surface area contributed by atoms with Gasteiger partial charge in [0, 0.05) is 12.1 Å². The summed E-state index contributed by atoms with van der Waals surface area (Å²) in [6.07, 6.45) is 1.67. The van der Waals surface area contributed by atoms with Crippen LogP contribution in [0.2, 0.25) is 5.02 Å². The van der Waals surface area contributed by atoms with Gasteiger partial charge in [0.2, 0.25) is 11.1 Å². The van der Waals surface area contributed by atoms with Crippen LogP contribution in [0.25, 0.3) is 0 Å². The van der Waals surface area contributed by atoms with Gasteiger partial charge in [-0.2, -0.15) is 0 Å². The normalized spacial score (nSPS) is 17.5. The van der Waals surface area contributed by atoms with Gasteiger partial charge in [-0.25, -0.2) is 4.68 Å². The Bertz CT molecular complexity index is 1090. The number of benzene rings is 2. The molecule has 1 aliphatic heterocycles. The highest BCUT2D eigenvalue weighted by Crippen LogP contribution is 2.39. The number of aromatic nitrogens is 3. The van der Waals surface area contributed by atoms with Crippen LogP contribution in [0.3, 0.4) is 0 Å². The number of anilines is 1. The minimum atomic E-state index is -0.475. The summed E-state index contributed by atoms with van der Waals surface area (Å²) >= 11 is 7.77. The summed E-state index contributed by atoms with van der Waals surface area (Å²) in [4.78, 5) is 13.3. The van der Waals surface area contributed by atoms with E-state index in [-0.39, 0.29) is 11.9 Å². The van der Waals surface area contributed by atoms with Crippen molar-refractivity contribution in [2.45, 2.75) is 43.1 Å². The van der Waals surface area contributed by atoms with Gasteiger partial charge in [-0.1, -0.05) is 55.4 Å². The molecule has 0 bridgehead atoms. The molecule has 162 valence electrons. The minimum absolute atomic E-state index is 0.119. The number of rotatable bonds is 6. The van der Waals surface area contributed by atoms with Crippen molar-refractivity contribution in [2.24, 2.45) is 0 Å². The molecule has 31 heavy (non-hydrogen) atoms. The lowest BCUT2D eigenvalue weighted by molar-refractivity contribution is -0.116. The maximum absolute atomic E-state index is 13.3. The van der Waals surface area contributed by atoms with Gasteiger partial charge in [0.1, 0.15) is 11.0 Å². The monoisotopic (exact) mass is 457 g/mol. The lowest BCUT2D eigenvalue weighted by Gasteiger charge is -2.33. The Hall–Kier alpha value is -2.71. The van der Waals surface area contributed by atoms with Crippen molar-refractivity contribution in [2.75, 3.05) is 17.9 Å². The quantitative estimate of drug-likeness (QED) is 0.568. The molecule has 2 aromatic carbocycles. The van der Waals surface area contributed by atoms with Crippen molar-refractivity contribution < 1.29 is 9.53 Å². The molecule has 0 radical (unpaired) electrons. The first-order valence-corrected chi connectivity index (χ1v) is 11.4. The fourth-order valence-electron chi connectivity index (χ4n) is 3.49. The molecule has 2 atom stereocenters. The average molecular weight is 458 g/mol. The minimum Gasteiger partial charge on any atom is -0.495 e. The van der Waals surface area contributed by atoms with Crippen LogP contribution in [-0.4, -0.2) is 33.1 Å². The first kappa shape index (κ1) is 21.5.